The van der Waals surface area contributed by atoms with Gasteiger partial charge in [-0.2, -0.15) is 11.8 Å². The van der Waals surface area contributed by atoms with E-state index >= 15 is 0 Å². The van der Waals surface area contributed by atoms with Crippen molar-refractivity contribution in [2.45, 2.75) is 25.0 Å². The van der Waals surface area contributed by atoms with E-state index < -0.39 is 0 Å². The van der Waals surface area contributed by atoms with Crippen LogP contribution in [0.4, 0.5) is 11.6 Å². The third-order valence-corrected chi connectivity index (χ3v) is 4.44. The molecule has 0 saturated carbocycles. The average molecular weight is 252 g/mol. The summed E-state index contributed by atoms with van der Waals surface area (Å²) in [4.78, 5) is 10.9. The van der Waals surface area contributed by atoms with Crippen LogP contribution in [-0.4, -0.2) is 40.6 Å². The Morgan fingerprint density at radius 3 is 2.94 bits per heavy atom. The summed E-state index contributed by atoms with van der Waals surface area (Å²) in [6.07, 6.45) is 2.82. The van der Waals surface area contributed by atoms with E-state index in [2.05, 4.69) is 34.0 Å². The Hall–Kier alpha value is -0.970. The molecule has 4 nitrogen and oxygen atoms in total. The van der Waals surface area contributed by atoms with E-state index in [9.17, 15) is 0 Å². The molecule has 0 amide bonds. The number of nitrogens with zero attached hydrogens (tertiary/aromatic N) is 3. The van der Waals surface area contributed by atoms with Crippen molar-refractivity contribution in [3.8, 4) is 0 Å². The van der Waals surface area contributed by atoms with Gasteiger partial charge in [0.2, 0.25) is 0 Å². The maximum Gasteiger partial charge on any atom is 0.134 e. The fourth-order valence-electron chi connectivity index (χ4n) is 1.91. The molecule has 2 heterocycles. The van der Waals surface area contributed by atoms with Crippen molar-refractivity contribution in [3.05, 3.63) is 12.4 Å². The van der Waals surface area contributed by atoms with Gasteiger partial charge in [0.15, 0.2) is 0 Å². The average Bonchev–Trinajstić information content (AvgIpc) is 2.50. The highest BCUT2D eigenvalue weighted by Crippen LogP contribution is 2.31. The van der Waals surface area contributed by atoms with Crippen molar-refractivity contribution in [1.29, 1.82) is 0 Å². The molecular weight excluding hydrogens is 232 g/mol. The number of aromatic nitrogens is 2. The zero-order chi connectivity index (χ0) is 12.3. The molecular formula is C12H20N4S. The van der Waals surface area contributed by atoms with Gasteiger partial charge in [0, 0.05) is 36.7 Å². The summed E-state index contributed by atoms with van der Waals surface area (Å²) in [5.74, 6) is 3.07. The second-order valence-electron chi connectivity index (χ2n) is 4.86. The van der Waals surface area contributed by atoms with E-state index in [1.54, 1.807) is 6.33 Å². The Labute approximate surface area is 107 Å². The molecule has 1 fully saturated rings. The van der Waals surface area contributed by atoms with Crippen LogP contribution in [0, 0.1) is 0 Å². The summed E-state index contributed by atoms with van der Waals surface area (Å²) in [7, 11) is 1.88. The molecule has 0 radical (unpaired) electrons. The molecule has 0 aliphatic carbocycles. The van der Waals surface area contributed by atoms with Gasteiger partial charge >= 0.3 is 0 Å². The summed E-state index contributed by atoms with van der Waals surface area (Å²) < 4.78 is 0.383. The smallest absolute Gasteiger partial charge is 0.134 e. The van der Waals surface area contributed by atoms with Gasteiger partial charge in [-0.1, -0.05) is 13.8 Å². The van der Waals surface area contributed by atoms with Crippen LogP contribution in [0.3, 0.4) is 0 Å². The standard InChI is InChI=1S/C12H20N4S/c1-12(2)4-5-16(6-7-17-12)11-8-10(13-3)14-9-15-11/h8-9H,4-7H2,1-3H3,(H,13,14,15). The van der Waals surface area contributed by atoms with E-state index in [-0.39, 0.29) is 0 Å². The summed E-state index contributed by atoms with van der Waals surface area (Å²) in [6, 6.07) is 2.02. The molecule has 0 spiro atoms. The Bertz CT molecular complexity index is 381. The summed E-state index contributed by atoms with van der Waals surface area (Å²) in [5.41, 5.74) is 0. The maximum absolute atomic E-state index is 4.37. The molecule has 1 aliphatic rings. The van der Waals surface area contributed by atoms with E-state index in [4.69, 9.17) is 0 Å². The molecule has 1 aliphatic heterocycles. The highest BCUT2D eigenvalue weighted by atomic mass is 32.2. The number of rotatable bonds is 2. The molecule has 0 unspecified atom stereocenters. The number of nitrogens with one attached hydrogen (secondary N) is 1. The Balaban J connectivity index is 2.11. The van der Waals surface area contributed by atoms with Crippen LogP contribution in [0.15, 0.2) is 12.4 Å². The van der Waals surface area contributed by atoms with Crippen molar-refractivity contribution >= 4 is 23.4 Å². The predicted octanol–water partition coefficient (Wildman–Crippen LogP) is 2.24. The minimum Gasteiger partial charge on any atom is -0.373 e. The van der Waals surface area contributed by atoms with E-state index in [1.807, 2.05) is 24.9 Å². The van der Waals surface area contributed by atoms with Gasteiger partial charge in [-0.3, -0.25) is 0 Å². The molecule has 17 heavy (non-hydrogen) atoms. The van der Waals surface area contributed by atoms with Crippen molar-refractivity contribution < 1.29 is 0 Å². The molecule has 1 N–H and O–H groups in total. The molecule has 5 heteroatoms. The van der Waals surface area contributed by atoms with Crippen LogP contribution in [0.25, 0.3) is 0 Å². The third-order valence-electron chi connectivity index (χ3n) is 3.07. The Morgan fingerprint density at radius 1 is 1.35 bits per heavy atom. The first-order valence-corrected chi connectivity index (χ1v) is 6.98. The highest BCUT2D eigenvalue weighted by molar-refractivity contribution is 8.00. The normalized spacial score (nSPS) is 19.8. The fourth-order valence-corrected chi connectivity index (χ4v) is 3.01. The van der Waals surface area contributed by atoms with Gasteiger partial charge in [0.05, 0.1) is 0 Å². The summed E-state index contributed by atoms with van der Waals surface area (Å²) in [5, 5.41) is 3.06. The molecule has 2 rings (SSSR count). The van der Waals surface area contributed by atoms with Crippen LogP contribution in [-0.2, 0) is 0 Å². The molecule has 1 aromatic rings. The lowest BCUT2D eigenvalue weighted by molar-refractivity contribution is 0.635. The second-order valence-corrected chi connectivity index (χ2v) is 6.66. The topological polar surface area (TPSA) is 41.0 Å². The van der Waals surface area contributed by atoms with Gasteiger partial charge < -0.3 is 10.2 Å². The molecule has 1 saturated heterocycles. The minimum absolute atomic E-state index is 0.383. The number of hydrogen-bond acceptors (Lipinski definition) is 5. The van der Waals surface area contributed by atoms with Gasteiger partial charge in [-0.05, 0) is 6.42 Å². The van der Waals surface area contributed by atoms with Crippen LogP contribution in [0.5, 0.6) is 0 Å². The van der Waals surface area contributed by atoms with Crippen molar-refractivity contribution in [2.75, 3.05) is 36.1 Å². The second kappa shape index (κ2) is 5.12. The highest BCUT2D eigenvalue weighted by Gasteiger charge is 2.24. The van der Waals surface area contributed by atoms with Crippen molar-refractivity contribution in [3.63, 3.8) is 0 Å². The van der Waals surface area contributed by atoms with Crippen molar-refractivity contribution in [2.24, 2.45) is 0 Å². The first-order valence-electron chi connectivity index (χ1n) is 5.99. The molecule has 0 bridgehead atoms. The summed E-state index contributed by atoms with van der Waals surface area (Å²) >= 11 is 2.05. The molecule has 0 atom stereocenters. The van der Waals surface area contributed by atoms with E-state index in [0.717, 1.165) is 30.5 Å². The fraction of sp³-hybridized carbons (Fsp3) is 0.667. The van der Waals surface area contributed by atoms with Crippen LogP contribution < -0.4 is 10.2 Å². The van der Waals surface area contributed by atoms with Gasteiger partial charge in [-0.25, -0.2) is 9.97 Å². The largest absolute Gasteiger partial charge is 0.373 e. The van der Waals surface area contributed by atoms with E-state index in [0.29, 0.717) is 4.75 Å². The zero-order valence-electron chi connectivity index (χ0n) is 10.7. The molecule has 0 aromatic carbocycles. The van der Waals surface area contributed by atoms with Crippen LogP contribution in [0.2, 0.25) is 0 Å². The number of thioether (sulfide) groups is 1. The minimum atomic E-state index is 0.383. The van der Waals surface area contributed by atoms with E-state index in [1.165, 1.54) is 6.42 Å². The summed E-state index contributed by atoms with van der Waals surface area (Å²) in [6.45, 7) is 6.77. The lowest BCUT2D eigenvalue weighted by atomic mass is 10.1. The lowest BCUT2D eigenvalue weighted by Crippen LogP contribution is -2.27. The SMILES string of the molecule is CNc1cc(N2CCSC(C)(C)CC2)ncn1. The molecule has 1 aromatic heterocycles. The Kier molecular flexibility index (Phi) is 3.76. The number of hydrogen-bond donors (Lipinski definition) is 1. The van der Waals surface area contributed by atoms with Gasteiger partial charge in [0.25, 0.3) is 0 Å². The number of anilines is 2. The first-order chi connectivity index (χ1) is 8.11. The lowest BCUT2D eigenvalue weighted by Gasteiger charge is -2.23. The Morgan fingerprint density at radius 2 is 2.18 bits per heavy atom. The maximum atomic E-state index is 4.37. The zero-order valence-corrected chi connectivity index (χ0v) is 11.5. The monoisotopic (exact) mass is 252 g/mol. The first kappa shape index (κ1) is 12.5. The van der Waals surface area contributed by atoms with Crippen molar-refractivity contribution in [1.82, 2.24) is 9.97 Å². The van der Waals surface area contributed by atoms with Gasteiger partial charge in [0.1, 0.15) is 18.0 Å². The van der Waals surface area contributed by atoms with Gasteiger partial charge in [-0.15, -0.1) is 0 Å². The van der Waals surface area contributed by atoms with Crippen LogP contribution >= 0.6 is 11.8 Å². The predicted molar refractivity (Wildman–Crippen MR) is 74.9 cm³/mol. The third kappa shape index (κ3) is 3.25. The molecule has 94 valence electrons. The quantitative estimate of drug-likeness (QED) is 0.874. The van der Waals surface area contributed by atoms with Crippen LogP contribution in [0.1, 0.15) is 20.3 Å².